The molecule has 76 valence electrons. The van der Waals surface area contributed by atoms with E-state index < -0.39 is 0 Å². The van der Waals surface area contributed by atoms with E-state index >= 15 is 0 Å². The summed E-state index contributed by atoms with van der Waals surface area (Å²) in [5.74, 6) is 0. The van der Waals surface area contributed by atoms with E-state index in [0.29, 0.717) is 0 Å². The van der Waals surface area contributed by atoms with Gasteiger partial charge in [-0.05, 0) is 19.9 Å². The first-order chi connectivity index (χ1) is 6.70. The van der Waals surface area contributed by atoms with Crippen LogP contribution in [0.2, 0.25) is 0 Å². The monoisotopic (exact) mass is 191 g/mol. The van der Waals surface area contributed by atoms with Crippen LogP contribution in [0.1, 0.15) is 25.2 Å². The van der Waals surface area contributed by atoms with Crippen molar-refractivity contribution in [1.29, 1.82) is 0 Å². The SMILES string of the molecule is CC.Cc1nccc2c1c(C)nn2C. The van der Waals surface area contributed by atoms with Crippen molar-refractivity contribution in [2.75, 3.05) is 0 Å². The number of aromatic nitrogens is 3. The Morgan fingerprint density at radius 2 is 1.79 bits per heavy atom. The normalized spacial score (nSPS) is 9.79. The Bertz CT molecular complexity index is 429. The fourth-order valence-electron chi connectivity index (χ4n) is 1.60. The number of hydrogen-bond acceptors (Lipinski definition) is 2. The fourth-order valence-corrected chi connectivity index (χ4v) is 1.60. The van der Waals surface area contributed by atoms with Gasteiger partial charge in [0.2, 0.25) is 0 Å². The van der Waals surface area contributed by atoms with E-state index in [1.54, 1.807) is 0 Å². The van der Waals surface area contributed by atoms with E-state index in [-0.39, 0.29) is 0 Å². The molecule has 0 saturated heterocycles. The first kappa shape index (κ1) is 10.7. The van der Waals surface area contributed by atoms with Gasteiger partial charge in [0, 0.05) is 24.3 Å². The minimum absolute atomic E-state index is 1.05. The molecular formula is C11H17N3. The van der Waals surface area contributed by atoms with Gasteiger partial charge in [-0.25, -0.2) is 0 Å². The molecular weight excluding hydrogens is 174 g/mol. The molecule has 0 aliphatic carbocycles. The van der Waals surface area contributed by atoms with Gasteiger partial charge in [-0.15, -0.1) is 0 Å². The molecule has 0 N–H and O–H groups in total. The van der Waals surface area contributed by atoms with Gasteiger partial charge >= 0.3 is 0 Å². The maximum Gasteiger partial charge on any atom is 0.0715 e. The van der Waals surface area contributed by atoms with Crippen molar-refractivity contribution >= 4 is 10.9 Å². The molecule has 2 rings (SSSR count). The summed E-state index contributed by atoms with van der Waals surface area (Å²) in [7, 11) is 1.95. The summed E-state index contributed by atoms with van der Waals surface area (Å²) >= 11 is 0. The van der Waals surface area contributed by atoms with Crippen molar-refractivity contribution in [3.05, 3.63) is 23.7 Å². The average molecular weight is 191 g/mol. The zero-order chi connectivity index (χ0) is 10.7. The molecule has 0 spiro atoms. The lowest BCUT2D eigenvalue weighted by Crippen LogP contribution is -1.89. The Morgan fingerprint density at radius 1 is 1.14 bits per heavy atom. The highest BCUT2D eigenvalue weighted by Crippen LogP contribution is 2.18. The van der Waals surface area contributed by atoms with E-state index in [9.17, 15) is 0 Å². The second-order valence-corrected chi connectivity index (χ2v) is 3.00. The molecule has 2 heterocycles. The van der Waals surface area contributed by atoms with E-state index in [1.807, 2.05) is 51.7 Å². The second kappa shape index (κ2) is 4.22. The molecule has 0 unspecified atom stereocenters. The Hall–Kier alpha value is -1.38. The zero-order valence-electron chi connectivity index (χ0n) is 9.50. The molecule has 14 heavy (non-hydrogen) atoms. The summed E-state index contributed by atoms with van der Waals surface area (Å²) in [5, 5.41) is 5.51. The van der Waals surface area contributed by atoms with Gasteiger partial charge in [0.1, 0.15) is 0 Å². The Morgan fingerprint density at radius 3 is 2.36 bits per heavy atom. The van der Waals surface area contributed by atoms with Gasteiger partial charge in [-0.3, -0.25) is 9.67 Å². The number of hydrogen-bond donors (Lipinski definition) is 0. The summed E-state index contributed by atoms with van der Waals surface area (Å²) in [6.07, 6.45) is 1.82. The van der Waals surface area contributed by atoms with Crippen molar-refractivity contribution in [2.24, 2.45) is 7.05 Å². The molecule has 0 fully saturated rings. The lowest BCUT2D eigenvalue weighted by atomic mass is 10.2. The Kier molecular flexibility index (Phi) is 3.23. The number of fused-ring (bicyclic) bond motifs is 1. The van der Waals surface area contributed by atoms with E-state index in [0.717, 1.165) is 16.9 Å². The third kappa shape index (κ3) is 1.62. The molecule has 3 nitrogen and oxygen atoms in total. The third-order valence-corrected chi connectivity index (χ3v) is 2.13. The highest BCUT2D eigenvalue weighted by molar-refractivity contribution is 5.83. The van der Waals surface area contributed by atoms with Gasteiger partial charge in [0.25, 0.3) is 0 Å². The Balaban J connectivity index is 0.000000461. The molecule has 0 saturated carbocycles. The van der Waals surface area contributed by atoms with Crippen LogP contribution in [0.25, 0.3) is 10.9 Å². The molecule has 0 bridgehead atoms. The first-order valence-electron chi connectivity index (χ1n) is 4.95. The molecule has 2 aromatic heterocycles. The van der Waals surface area contributed by atoms with E-state index in [4.69, 9.17) is 0 Å². The standard InChI is InChI=1S/C9H11N3.C2H6/c1-6-9-7(2)11-12(3)8(9)4-5-10-6;1-2/h4-5H,1-3H3;1-2H3. The number of pyridine rings is 1. The highest BCUT2D eigenvalue weighted by Gasteiger charge is 2.06. The lowest BCUT2D eigenvalue weighted by molar-refractivity contribution is 0.783. The van der Waals surface area contributed by atoms with E-state index in [1.165, 1.54) is 5.39 Å². The van der Waals surface area contributed by atoms with E-state index in [2.05, 4.69) is 10.1 Å². The quantitative estimate of drug-likeness (QED) is 0.641. The number of nitrogens with zero attached hydrogens (tertiary/aromatic N) is 3. The van der Waals surface area contributed by atoms with Crippen molar-refractivity contribution < 1.29 is 0 Å². The molecule has 0 atom stereocenters. The first-order valence-corrected chi connectivity index (χ1v) is 4.95. The van der Waals surface area contributed by atoms with Gasteiger partial charge in [-0.1, -0.05) is 13.8 Å². The highest BCUT2D eigenvalue weighted by atomic mass is 15.3. The van der Waals surface area contributed by atoms with Crippen LogP contribution in [0.3, 0.4) is 0 Å². The van der Waals surface area contributed by atoms with Crippen LogP contribution in [0, 0.1) is 13.8 Å². The van der Waals surface area contributed by atoms with Crippen LogP contribution < -0.4 is 0 Å². The van der Waals surface area contributed by atoms with Gasteiger partial charge in [0.15, 0.2) is 0 Å². The molecule has 3 heteroatoms. The number of aryl methyl sites for hydroxylation is 3. The minimum atomic E-state index is 1.05. The molecule has 0 aliphatic rings. The largest absolute Gasteiger partial charge is 0.268 e. The van der Waals surface area contributed by atoms with Gasteiger partial charge in [0.05, 0.1) is 11.2 Å². The van der Waals surface area contributed by atoms with Crippen LogP contribution in [0.4, 0.5) is 0 Å². The van der Waals surface area contributed by atoms with Crippen LogP contribution in [0.5, 0.6) is 0 Å². The summed E-state index contributed by atoms with van der Waals surface area (Å²) < 4.78 is 1.89. The fraction of sp³-hybridized carbons (Fsp3) is 0.455. The number of rotatable bonds is 0. The Labute approximate surface area is 84.8 Å². The molecule has 0 amide bonds. The summed E-state index contributed by atoms with van der Waals surface area (Å²) in [6.45, 7) is 8.02. The predicted molar refractivity (Wildman–Crippen MR) is 59.3 cm³/mol. The smallest absolute Gasteiger partial charge is 0.0715 e. The third-order valence-electron chi connectivity index (χ3n) is 2.13. The lowest BCUT2D eigenvalue weighted by Gasteiger charge is -1.95. The predicted octanol–water partition coefficient (Wildman–Crippen LogP) is 2.61. The summed E-state index contributed by atoms with van der Waals surface area (Å²) in [6, 6.07) is 1.99. The van der Waals surface area contributed by atoms with Gasteiger partial charge < -0.3 is 0 Å². The van der Waals surface area contributed by atoms with Crippen molar-refractivity contribution in [1.82, 2.24) is 14.8 Å². The van der Waals surface area contributed by atoms with Crippen LogP contribution >= 0.6 is 0 Å². The van der Waals surface area contributed by atoms with Crippen LogP contribution in [-0.4, -0.2) is 14.8 Å². The molecule has 0 aromatic carbocycles. The van der Waals surface area contributed by atoms with Crippen LogP contribution in [-0.2, 0) is 7.05 Å². The summed E-state index contributed by atoms with van der Waals surface area (Å²) in [5.41, 5.74) is 3.26. The molecule has 0 aliphatic heterocycles. The van der Waals surface area contributed by atoms with Gasteiger partial charge in [-0.2, -0.15) is 5.10 Å². The maximum absolute atomic E-state index is 4.33. The van der Waals surface area contributed by atoms with Crippen LogP contribution in [0.15, 0.2) is 12.3 Å². The van der Waals surface area contributed by atoms with Crippen molar-refractivity contribution in [3.63, 3.8) is 0 Å². The van der Waals surface area contributed by atoms with Crippen molar-refractivity contribution in [2.45, 2.75) is 27.7 Å². The second-order valence-electron chi connectivity index (χ2n) is 3.00. The summed E-state index contributed by atoms with van der Waals surface area (Å²) in [4.78, 5) is 4.23. The average Bonchev–Trinajstić information content (AvgIpc) is 2.47. The minimum Gasteiger partial charge on any atom is -0.268 e. The topological polar surface area (TPSA) is 30.7 Å². The molecule has 0 radical (unpaired) electrons. The van der Waals surface area contributed by atoms with Crippen molar-refractivity contribution in [3.8, 4) is 0 Å². The maximum atomic E-state index is 4.33. The molecule has 2 aromatic rings. The zero-order valence-corrected chi connectivity index (χ0v) is 9.50.